The third-order valence-electron chi connectivity index (χ3n) is 5.40. The van der Waals surface area contributed by atoms with Gasteiger partial charge >= 0.3 is 0 Å². The van der Waals surface area contributed by atoms with Crippen LogP contribution in [0, 0.1) is 6.92 Å². The predicted octanol–water partition coefficient (Wildman–Crippen LogP) is 3.77. The number of fused-ring (bicyclic) bond motifs is 1. The Kier molecular flexibility index (Phi) is 4.89. The van der Waals surface area contributed by atoms with Crippen molar-refractivity contribution in [2.24, 2.45) is 0 Å². The number of hydrogen-bond donors (Lipinski definition) is 1. The molecule has 1 saturated heterocycles. The molecule has 0 aliphatic carbocycles. The largest absolute Gasteiger partial charge is 0.369 e. The van der Waals surface area contributed by atoms with E-state index in [-0.39, 0.29) is 11.6 Å². The summed E-state index contributed by atoms with van der Waals surface area (Å²) in [6.07, 6.45) is 0. The summed E-state index contributed by atoms with van der Waals surface area (Å²) >= 11 is 6.18. The molecule has 1 N–H and O–H groups in total. The first-order chi connectivity index (χ1) is 13.0. The lowest BCUT2D eigenvalue weighted by molar-refractivity contribution is 0.191. The Morgan fingerprint density at radius 1 is 1.11 bits per heavy atom. The van der Waals surface area contributed by atoms with Crippen LogP contribution in [-0.2, 0) is 0 Å². The van der Waals surface area contributed by atoms with Crippen molar-refractivity contribution in [3.05, 3.63) is 69.2 Å². The van der Waals surface area contributed by atoms with Crippen molar-refractivity contribution in [2.45, 2.75) is 19.9 Å². The molecule has 0 spiro atoms. The van der Waals surface area contributed by atoms with Gasteiger partial charge in [-0.1, -0.05) is 29.8 Å². The quantitative estimate of drug-likeness (QED) is 0.749. The van der Waals surface area contributed by atoms with Crippen LogP contribution in [0.3, 0.4) is 0 Å². The van der Waals surface area contributed by atoms with Crippen LogP contribution in [0.1, 0.15) is 24.4 Å². The van der Waals surface area contributed by atoms with Crippen LogP contribution in [0.25, 0.3) is 10.9 Å². The number of halogens is 1. The third kappa shape index (κ3) is 3.57. The van der Waals surface area contributed by atoms with Crippen molar-refractivity contribution in [3.63, 3.8) is 0 Å². The molecule has 0 amide bonds. The standard InChI is InChI=1S/C21H23ClN4O/c1-14-7-8-16(22)13-19(14)26-11-9-25(10-12-26)15(2)20-23-18-6-4-3-5-17(18)21(27)24-20/h3-8,13,15H,9-12H2,1-2H3,(H,23,24,27)/t15-/m0/s1. The third-order valence-corrected chi connectivity index (χ3v) is 5.64. The van der Waals surface area contributed by atoms with Crippen LogP contribution in [0.15, 0.2) is 47.3 Å². The number of piperazine rings is 1. The predicted molar refractivity (Wildman–Crippen MR) is 111 cm³/mol. The first kappa shape index (κ1) is 18.0. The second-order valence-electron chi connectivity index (χ2n) is 7.10. The summed E-state index contributed by atoms with van der Waals surface area (Å²) in [7, 11) is 0. The number of nitrogens with one attached hydrogen (secondary N) is 1. The van der Waals surface area contributed by atoms with E-state index in [1.807, 2.05) is 36.4 Å². The van der Waals surface area contributed by atoms with E-state index in [4.69, 9.17) is 11.6 Å². The molecule has 5 nitrogen and oxygen atoms in total. The molecule has 2 heterocycles. The lowest BCUT2D eigenvalue weighted by Crippen LogP contribution is -2.47. The van der Waals surface area contributed by atoms with Gasteiger partial charge in [-0.3, -0.25) is 9.69 Å². The fourth-order valence-electron chi connectivity index (χ4n) is 3.75. The maximum atomic E-state index is 12.4. The van der Waals surface area contributed by atoms with Crippen molar-refractivity contribution in [3.8, 4) is 0 Å². The van der Waals surface area contributed by atoms with Crippen LogP contribution in [0.2, 0.25) is 5.02 Å². The van der Waals surface area contributed by atoms with Gasteiger partial charge in [-0.05, 0) is 43.7 Å². The van der Waals surface area contributed by atoms with Crippen LogP contribution >= 0.6 is 11.6 Å². The van der Waals surface area contributed by atoms with Crippen LogP contribution in [0.5, 0.6) is 0 Å². The van der Waals surface area contributed by atoms with E-state index in [9.17, 15) is 4.79 Å². The molecule has 1 atom stereocenters. The Balaban J connectivity index is 1.51. The maximum Gasteiger partial charge on any atom is 0.258 e. The molecule has 0 unspecified atom stereocenters. The Bertz CT molecular complexity index is 1020. The number of para-hydroxylation sites is 1. The minimum atomic E-state index is -0.0735. The van der Waals surface area contributed by atoms with Gasteiger partial charge in [0.2, 0.25) is 0 Å². The number of aromatic amines is 1. The van der Waals surface area contributed by atoms with E-state index in [0.29, 0.717) is 5.39 Å². The van der Waals surface area contributed by atoms with E-state index in [1.54, 1.807) is 0 Å². The van der Waals surface area contributed by atoms with Gasteiger partial charge in [-0.2, -0.15) is 0 Å². The van der Waals surface area contributed by atoms with Crippen molar-refractivity contribution >= 4 is 28.2 Å². The molecular formula is C21H23ClN4O. The molecule has 6 heteroatoms. The lowest BCUT2D eigenvalue weighted by atomic mass is 10.1. The summed E-state index contributed by atoms with van der Waals surface area (Å²) in [4.78, 5) is 24.8. The number of rotatable bonds is 3. The van der Waals surface area contributed by atoms with Crippen LogP contribution in [0.4, 0.5) is 5.69 Å². The Labute approximate surface area is 163 Å². The zero-order valence-corrected chi connectivity index (χ0v) is 16.3. The van der Waals surface area contributed by atoms with Crippen LogP contribution < -0.4 is 10.5 Å². The van der Waals surface area contributed by atoms with E-state index >= 15 is 0 Å². The number of nitrogens with zero attached hydrogens (tertiary/aromatic N) is 3. The number of aryl methyl sites for hydroxylation is 1. The van der Waals surface area contributed by atoms with Gasteiger partial charge in [0.15, 0.2) is 0 Å². The first-order valence-electron chi connectivity index (χ1n) is 9.27. The number of anilines is 1. The zero-order valence-electron chi connectivity index (χ0n) is 15.6. The smallest absolute Gasteiger partial charge is 0.258 e. The second kappa shape index (κ2) is 7.33. The summed E-state index contributed by atoms with van der Waals surface area (Å²) in [6, 6.07) is 13.6. The molecule has 0 bridgehead atoms. The van der Waals surface area contributed by atoms with E-state index in [1.165, 1.54) is 11.3 Å². The highest BCUT2D eigenvalue weighted by Crippen LogP contribution is 2.27. The van der Waals surface area contributed by atoms with Gasteiger partial charge in [-0.15, -0.1) is 0 Å². The highest BCUT2D eigenvalue weighted by Gasteiger charge is 2.24. The zero-order chi connectivity index (χ0) is 19.0. The second-order valence-corrected chi connectivity index (χ2v) is 7.53. The van der Waals surface area contributed by atoms with Crippen molar-refractivity contribution in [1.82, 2.24) is 14.9 Å². The summed E-state index contributed by atoms with van der Waals surface area (Å²) < 4.78 is 0. The summed E-state index contributed by atoms with van der Waals surface area (Å²) in [5, 5.41) is 1.40. The average Bonchev–Trinajstić information content (AvgIpc) is 2.69. The minimum Gasteiger partial charge on any atom is -0.369 e. The molecule has 0 radical (unpaired) electrons. The highest BCUT2D eigenvalue weighted by atomic mass is 35.5. The van der Waals surface area contributed by atoms with Gasteiger partial charge in [0.25, 0.3) is 5.56 Å². The Morgan fingerprint density at radius 2 is 1.85 bits per heavy atom. The number of H-pyrrole nitrogens is 1. The van der Waals surface area contributed by atoms with Crippen molar-refractivity contribution < 1.29 is 0 Å². The molecule has 2 aromatic carbocycles. The summed E-state index contributed by atoms with van der Waals surface area (Å²) in [5.41, 5.74) is 3.11. The van der Waals surface area contributed by atoms with Crippen molar-refractivity contribution in [2.75, 3.05) is 31.1 Å². The van der Waals surface area contributed by atoms with E-state index in [0.717, 1.165) is 42.5 Å². The minimum absolute atomic E-state index is 0.0601. The van der Waals surface area contributed by atoms with Gasteiger partial charge in [0.05, 0.1) is 16.9 Å². The number of hydrogen-bond acceptors (Lipinski definition) is 4. The summed E-state index contributed by atoms with van der Waals surface area (Å²) in [6.45, 7) is 7.87. The highest BCUT2D eigenvalue weighted by molar-refractivity contribution is 6.30. The SMILES string of the molecule is Cc1ccc(Cl)cc1N1CCN([C@@H](C)c2nc3ccccc3c(=O)[nH]2)CC1. The Hall–Kier alpha value is -2.37. The average molecular weight is 383 g/mol. The molecule has 27 heavy (non-hydrogen) atoms. The monoisotopic (exact) mass is 382 g/mol. The molecule has 140 valence electrons. The molecular weight excluding hydrogens is 360 g/mol. The fourth-order valence-corrected chi connectivity index (χ4v) is 3.92. The molecule has 3 aromatic rings. The topological polar surface area (TPSA) is 52.2 Å². The van der Waals surface area contributed by atoms with Gasteiger partial charge in [0.1, 0.15) is 5.82 Å². The molecule has 4 rings (SSSR count). The summed E-state index contributed by atoms with van der Waals surface area (Å²) in [5.74, 6) is 0.728. The van der Waals surface area contributed by atoms with Gasteiger partial charge in [-0.25, -0.2) is 4.98 Å². The van der Waals surface area contributed by atoms with E-state index in [2.05, 4.69) is 39.7 Å². The fraction of sp³-hybridized carbons (Fsp3) is 0.333. The molecule has 1 aromatic heterocycles. The van der Waals surface area contributed by atoms with E-state index < -0.39 is 0 Å². The molecule has 1 fully saturated rings. The number of aromatic nitrogens is 2. The van der Waals surface area contributed by atoms with Gasteiger partial charge < -0.3 is 9.88 Å². The lowest BCUT2D eigenvalue weighted by Gasteiger charge is -2.39. The van der Waals surface area contributed by atoms with Crippen LogP contribution in [-0.4, -0.2) is 41.0 Å². The molecule has 1 aliphatic heterocycles. The molecule has 0 saturated carbocycles. The maximum absolute atomic E-state index is 12.4. The number of benzene rings is 2. The molecule has 1 aliphatic rings. The Morgan fingerprint density at radius 3 is 2.63 bits per heavy atom. The van der Waals surface area contributed by atoms with Crippen molar-refractivity contribution in [1.29, 1.82) is 0 Å². The first-order valence-corrected chi connectivity index (χ1v) is 9.65. The normalized spacial score (nSPS) is 16.6. The van der Waals surface area contributed by atoms with Gasteiger partial charge in [0, 0.05) is 36.9 Å².